The molecule has 0 bridgehead atoms. The number of likely N-dealkylation sites (N-methyl/N-ethyl adjacent to an activating group) is 1. The zero-order valence-electron chi connectivity index (χ0n) is 14.3. The van der Waals surface area contributed by atoms with Crippen LogP contribution in [0.25, 0.3) is 5.65 Å². The molecule has 128 valence electrons. The smallest absolute Gasteiger partial charge is 0.359 e. The molecule has 2 heterocycles. The molecule has 1 unspecified atom stereocenters. The fourth-order valence-corrected chi connectivity index (χ4v) is 2.54. The predicted molar refractivity (Wildman–Crippen MR) is 93.2 cm³/mol. The molecular formula is C19H19N3O3. The van der Waals surface area contributed by atoms with Crippen molar-refractivity contribution in [1.29, 1.82) is 0 Å². The minimum atomic E-state index is -1.00. The van der Waals surface area contributed by atoms with Gasteiger partial charge in [-0.15, -0.1) is 0 Å². The van der Waals surface area contributed by atoms with Gasteiger partial charge in [0, 0.05) is 31.5 Å². The molecule has 0 saturated carbocycles. The number of carbonyl (C=O) groups excluding carboxylic acids is 2. The third-order valence-electron chi connectivity index (χ3n) is 3.90. The molecule has 0 fully saturated rings. The Hall–Kier alpha value is -3.15. The highest BCUT2D eigenvalue weighted by molar-refractivity contribution is 5.91. The van der Waals surface area contributed by atoms with Crippen LogP contribution in [-0.2, 0) is 9.53 Å². The van der Waals surface area contributed by atoms with Crippen LogP contribution in [-0.4, -0.2) is 40.3 Å². The lowest BCUT2D eigenvalue weighted by Gasteiger charge is -2.20. The number of nitrogens with zero attached hydrogens (tertiary/aromatic N) is 3. The number of carbonyl (C=O) groups is 2. The highest BCUT2D eigenvalue weighted by Gasteiger charge is 2.28. The summed E-state index contributed by atoms with van der Waals surface area (Å²) in [5.74, 6) is -0.938. The second kappa shape index (κ2) is 6.76. The van der Waals surface area contributed by atoms with E-state index >= 15 is 0 Å². The maximum atomic E-state index is 12.6. The van der Waals surface area contributed by atoms with Crippen LogP contribution >= 0.6 is 0 Å². The number of aromatic nitrogens is 2. The van der Waals surface area contributed by atoms with E-state index in [9.17, 15) is 9.59 Å². The molecule has 0 N–H and O–H groups in total. The van der Waals surface area contributed by atoms with E-state index in [1.807, 2.05) is 35.6 Å². The predicted octanol–water partition coefficient (Wildman–Crippen LogP) is 2.63. The molecule has 1 amide bonds. The van der Waals surface area contributed by atoms with Gasteiger partial charge in [-0.05, 0) is 19.1 Å². The molecule has 2 aromatic heterocycles. The van der Waals surface area contributed by atoms with Crippen molar-refractivity contribution in [2.75, 3.05) is 14.1 Å². The first-order valence-corrected chi connectivity index (χ1v) is 7.89. The van der Waals surface area contributed by atoms with E-state index in [0.29, 0.717) is 11.2 Å². The number of imidazole rings is 1. The maximum Gasteiger partial charge on any atom is 0.359 e. The van der Waals surface area contributed by atoms with Crippen LogP contribution in [0.15, 0.2) is 54.7 Å². The van der Waals surface area contributed by atoms with Gasteiger partial charge in [-0.2, -0.15) is 0 Å². The molecule has 1 atom stereocenters. The lowest BCUT2D eigenvalue weighted by Crippen LogP contribution is -2.31. The van der Waals surface area contributed by atoms with E-state index in [1.165, 1.54) is 4.90 Å². The van der Waals surface area contributed by atoms with Gasteiger partial charge in [-0.1, -0.05) is 36.4 Å². The fourth-order valence-electron chi connectivity index (χ4n) is 2.54. The number of ether oxygens (including phenoxy) is 1. The van der Waals surface area contributed by atoms with Gasteiger partial charge in [-0.25, -0.2) is 9.78 Å². The molecule has 0 aliphatic rings. The number of fused-ring (bicyclic) bond motifs is 1. The second-order valence-corrected chi connectivity index (χ2v) is 5.95. The normalized spacial score (nSPS) is 12.0. The van der Waals surface area contributed by atoms with E-state index in [4.69, 9.17) is 4.74 Å². The van der Waals surface area contributed by atoms with E-state index in [-0.39, 0.29) is 11.6 Å². The first-order valence-electron chi connectivity index (χ1n) is 7.89. The largest absolute Gasteiger partial charge is 0.443 e. The topological polar surface area (TPSA) is 63.9 Å². The summed E-state index contributed by atoms with van der Waals surface area (Å²) in [6.45, 7) is 1.92. The minimum Gasteiger partial charge on any atom is -0.443 e. The van der Waals surface area contributed by atoms with Gasteiger partial charge in [0.25, 0.3) is 5.91 Å². The Morgan fingerprint density at radius 2 is 1.80 bits per heavy atom. The lowest BCUT2D eigenvalue weighted by molar-refractivity contribution is -0.138. The van der Waals surface area contributed by atoms with E-state index < -0.39 is 12.1 Å². The minimum absolute atomic E-state index is 0.168. The van der Waals surface area contributed by atoms with Gasteiger partial charge in [-0.3, -0.25) is 4.79 Å². The summed E-state index contributed by atoms with van der Waals surface area (Å²) in [6, 6.07) is 14.6. The van der Waals surface area contributed by atoms with Crippen LogP contribution in [0.3, 0.4) is 0 Å². The van der Waals surface area contributed by atoms with Crippen LogP contribution in [0, 0.1) is 6.92 Å². The molecular weight excluding hydrogens is 318 g/mol. The summed E-state index contributed by atoms with van der Waals surface area (Å²) >= 11 is 0. The molecule has 0 radical (unpaired) electrons. The molecule has 0 aliphatic carbocycles. The Labute approximate surface area is 145 Å². The van der Waals surface area contributed by atoms with Gasteiger partial charge >= 0.3 is 5.97 Å². The maximum absolute atomic E-state index is 12.6. The van der Waals surface area contributed by atoms with Gasteiger partial charge in [0.05, 0.1) is 0 Å². The van der Waals surface area contributed by atoms with Crippen LogP contribution < -0.4 is 0 Å². The summed E-state index contributed by atoms with van der Waals surface area (Å²) in [7, 11) is 3.25. The van der Waals surface area contributed by atoms with Crippen LogP contribution in [0.2, 0.25) is 0 Å². The highest BCUT2D eigenvalue weighted by Crippen LogP contribution is 2.21. The van der Waals surface area contributed by atoms with E-state index in [2.05, 4.69) is 4.98 Å². The van der Waals surface area contributed by atoms with Crippen molar-refractivity contribution < 1.29 is 14.3 Å². The number of aryl methyl sites for hydroxylation is 1. The number of hydrogen-bond donors (Lipinski definition) is 0. The summed E-state index contributed by atoms with van der Waals surface area (Å²) in [5, 5.41) is 0. The van der Waals surface area contributed by atoms with E-state index in [0.717, 1.165) is 5.69 Å². The molecule has 3 rings (SSSR count). The lowest BCUT2D eigenvalue weighted by atomic mass is 10.1. The van der Waals surface area contributed by atoms with Crippen molar-refractivity contribution in [3.63, 3.8) is 0 Å². The number of pyridine rings is 1. The average Bonchev–Trinajstić information content (AvgIpc) is 3.05. The standard InChI is InChI=1S/C19H19N3O3/c1-13-8-7-11-16-20-15(12-22(13)16)19(24)25-17(18(23)21(2)3)14-9-5-4-6-10-14/h4-12,17H,1-3H3. The van der Waals surface area contributed by atoms with Crippen molar-refractivity contribution in [3.8, 4) is 0 Å². The summed E-state index contributed by atoms with van der Waals surface area (Å²) in [4.78, 5) is 30.7. The van der Waals surface area contributed by atoms with E-state index in [1.54, 1.807) is 44.6 Å². The Morgan fingerprint density at radius 3 is 2.44 bits per heavy atom. The van der Waals surface area contributed by atoms with Gasteiger partial charge in [0.2, 0.25) is 6.10 Å². The Bertz CT molecular complexity index is 916. The Morgan fingerprint density at radius 1 is 1.08 bits per heavy atom. The molecule has 0 spiro atoms. The Kier molecular flexibility index (Phi) is 4.52. The zero-order valence-corrected chi connectivity index (χ0v) is 14.3. The number of rotatable bonds is 4. The molecule has 3 aromatic rings. The second-order valence-electron chi connectivity index (χ2n) is 5.95. The quantitative estimate of drug-likeness (QED) is 0.687. The third kappa shape index (κ3) is 3.38. The van der Waals surface area contributed by atoms with Crippen LogP contribution in [0.5, 0.6) is 0 Å². The van der Waals surface area contributed by atoms with Crippen molar-refractivity contribution in [3.05, 3.63) is 71.7 Å². The highest BCUT2D eigenvalue weighted by atomic mass is 16.5. The monoisotopic (exact) mass is 337 g/mol. The summed E-state index contributed by atoms with van der Waals surface area (Å²) in [6.07, 6.45) is 0.615. The zero-order chi connectivity index (χ0) is 18.0. The van der Waals surface area contributed by atoms with Crippen LogP contribution in [0.1, 0.15) is 27.8 Å². The number of esters is 1. The fraction of sp³-hybridized carbons (Fsp3) is 0.211. The van der Waals surface area contributed by atoms with Crippen molar-refractivity contribution in [2.45, 2.75) is 13.0 Å². The van der Waals surface area contributed by atoms with Crippen molar-refractivity contribution in [1.82, 2.24) is 14.3 Å². The average molecular weight is 337 g/mol. The molecule has 6 nitrogen and oxygen atoms in total. The van der Waals surface area contributed by atoms with Gasteiger partial charge in [0.15, 0.2) is 5.69 Å². The summed E-state index contributed by atoms with van der Waals surface area (Å²) < 4.78 is 7.32. The SMILES string of the molecule is Cc1cccc2nc(C(=O)OC(C(=O)N(C)C)c3ccccc3)cn12. The molecule has 25 heavy (non-hydrogen) atoms. The molecule has 0 aliphatic heterocycles. The van der Waals surface area contributed by atoms with Crippen LogP contribution in [0.4, 0.5) is 0 Å². The number of benzene rings is 1. The van der Waals surface area contributed by atoms with Gasteiger partial charge in [0.1, 0.15) is 5.65 Å². The number of hydrogen-bond acceptors (Lipinski definition) is 4. The third-order valence-corrected chi connectivity index (χ3v) is 3.90. The summed E-state index contributed by atoms with van der Waals surface area (Å²) in [5.41, 5.74) is 2.39. The molecule has 1 aromatic carbocycles. The van der Waals surface area contributed by atoms with Crippen molar-refractivity contribution >= 4 is 17.5 Å². The first-order chi connectivity index (χ1) is 12.0. The first kappa shape index (κ1) is 16.7. The Balaban J connectivity index is 1.91. The number of amides is 1. The molecule has 6 heteroatoms. The van der Waals surface area contributed by atoms with Gasteiger partial charge < -0.3 is 14.0 Å². The van der Waals surface area contributed by atoms with Crippen molar-refractivity contribution in [2.24, 2.45) is 0 Å². The molecule has 0 saturated heterocycles.